The Morgan fingerprint density at radius 3 is 2.59 bits per heavy atom. The number of nitrogens with zero attached hydrogens (tertiary/aromatic N) is 4. The predicted molar refractivity (Wildman–Crippen MR) is 128 cm³/mol. The van der Waals surface area contributed by atoms with E-state index in [1.165, 1.54) is 11.8 Å². The highest BCUT2D eigenvalue weighted by molar-refractivity contribution is 7.99. The number of ether oxygens (including phenoxy) is 1. The number of halogens is 1. The van der Waals surface area contributed by atoms with Crippen LogP contribution in [-0.4, -0.2) is 88.9 Å². The Kier molecular flexibility index (Phi) is 8.43. The fraction of sp³-hybridized carbons (Fsp3) is 0.591. The summed E-state index contributed by atoms with van der Waals surface area (Å²) in [5.41, 5.74) is 1.55. The van der Waals surface area contributed by atoms with Crippen LogP contribution >= 0.6 is 23.4 Å². The van der Waals surface area contributed by atoms with Crippen molar-refractivity contribution in [3.63, 3.8) is 0 Å². The molecule has 0 atom stereocenters. The van der Waals surface area contributed by atoms with E-state index in [4.69, 9.17) is 16.3 Å². The summed E-state index contributed by atoms with van der Waals surface area (Å²) < 4.78 is 7.30. The Balaban J connectivity index is 1.54. The summed E-state index contributed by atoms with van der Waals surface area (Å²) in [6.07, 6.45) is 0. The number of hydrogen-bond donors (Lipinski definition) is 1. The molecule has 0 radical (unpaired) electrons. The van der Waals surface area contributed by atoms with Crippen LogP contribution in [0.2, 0.25) is 5.02 Å². The predicted octanol–water partition coefficient (Wildman–Crippen LogP) is 2.49. The summed E-state index contributed by atoms with van der Waals surface area (Å²) >= 11 is 7.55. The number of piperazine rings is 1. The van der Waals surface area contributed by atoms with Crippen molar-refractivity contribution in [3.05, 3.63) is 23.2 Å². The number of thioether (sulfide) groups is 1. The maximum absolute atomic E-state index is 12.8. The monoisotopic (exact) mass is 481 g/mol. The lowest BCUT2D eigenvalue weighted by molar-refractivity contribution is -0.130. The fourth-order valence-electron chi connectivity index (χ4n) is 3.62. The summed E-state index contributed by atoms with van der Waals surface area (Å²) in [4.78, 5) is 33.6. The van der Waals surface area contributed by atoms with E-state index in [2.05, 4.69) is 19.8 Å². The number of carbonyl (C=O) groups is 2. The Morgan fingerprint density at radius 2 is 1.94 bits per heavy atom. The zero-order valence-electron chi connectivity index (χ0n) is 19.2. The van der Waals surface area contributed by atoms with Gasteiger partial charge in [0.15, 0.2) is 5.16 Å². The third kappa shape index (κ3) is 6.84. The molecule has 1 aromatic heterocycles. The molecule has 1 fully saturated rings. The first-order chi connectivity index (χ1) is 15.2. The molecular weight excluding hydrogens is 450 g/mol. The quantitative estimate of drug-likeness (QED) is 0.583. The number of rotatable bonds is 8. The molecule has 10 heteroatoms. The van der Waals surface area contributed by atoms with E-state index in [9.17, 15) is 9.59 Å². The SMILES string of the molecule is COCCn1c(SCC(=O)N2CCN(CC(=O)NC(C)(C)C)CC2)nc2cc(Cl)ccc21. The highest BCUT2D eigenvalue weighted by atomic mass is 35.5. The average molecular weight is 482 g/mol. The van der Waals surface area contributed by atoms with Crippen LogP contribution < -0.4 is 5.32 Å². The van der Waals surface area contributed by atoms with Gasteiger partial charge in [-0.2, -0.15) is 0 Å². The van der Waals surface area contributed by atoms with Gasteiger partial charge in [0.25, 0.3) is 0 Å². The van der Waals surface area contributed by atoms with Crippen molar-refractivity contribution in [3.8, 4) is 0 Å². The number of hydrogen-bond acceptors (Lipinski definition) is 6. The van der Waals surface area contributed by atoms with Crippen molar-refractivity contribution in [1.29, 1.82) is 0 Å². The van der Waals surface area contributed by atoms with Crippen molar-refractivity contribution in [2.45, 2.75) is 38.0 Å². The molecule has 1 aliphatic rings. The van der Waals surface area contributed by atoms with Gasteiger partial charge in [-0.1, -0.05) is 23.4 Å². The van der Waals surface area contributed by atoms with Crippen LogP contribution in [0.15, 0.2) is 23.4 Å². The van der Waals surface area contributed by atoms with Gasteiger partial charge in [-0.25, -0.2) is 4.98 Å². The van der Waals surface area contributed by atoms with E-state index in [0.717, 1.165) is 16.2 Å². The van der Waals surface area contributed by atoms with Gasteiger partial charge < -0.3 is 19.5 Å². The van der Waals surface area contributed by atoms with E-state index < -0.39 is 0 Å². The molecule has 0 bridgehead atoms. The van der Waals surface area contributed by atoms with E-state index in [0.29, 0.717) is 56.7 Å². The molecule has 1 aliphatic heterocycles. The number of aromatic nitrogens is 2. The van der Waals surface area contributed by atoms with Gasteiger partial charge in [0.05, 0.1) is 29.9 Å². The maximum Gasteiger partial charge on any atom is 0.234 e. The topological polar surface area (TPSA) is 79.7 Å². The summed E-state index contributed by atoms with van der Waals surface area (Å²) in [5.74, 6) is 0.411. The van der Waals surface area contributed by atoms with Crippen LogP contribution in [0.4, 0.5) is 0 Å². The van der Waals surface area contributed by atoms with Crippen molar-refractivity contribution < 1.29 is 14.3 Å². The van der Waals surface area contributed by atoms with Crippen LogP contribution in [0.25, 0.3) is 11.0 Å². The number of carbonyl (C=O) groups excluding carboxylic acids is 2. The second-order valence-electron chi connectivity index (χ2n) is 8.92. The zero-order chi connectivity index (χ0) is 23.3. The van der Waals surface area contributed by atoms with Crippen LogP contribution in [0, 0.1) is 0 Å². The molecule has 0 saturated carbocycles. The minimum Gasteiger partial charge on any atom is -0.383 e. The van der Waals surface area contributed by atoms with E-state index in [1.807, 2.05) is 43.9 Å². The highest BCUT2D eigenvalue weighted by Crippen LogP contribution is 2.26. The van der Waals surface area contributed by atoms with Crippen LogP contribution in [0.5, 0.6) is 0 Å². The molecule has 1 aromatic carbocycles. The molecule has 32 heavy (non-hydrogen) atoms. The molecular formula is C22H32ClN5O3S. The minimum atomic E-state index is -0.239. The Bertz CT molecular complexity index is 951. The van der Waals surface area contributed by atoms with Crippen LogP contribution in [-0.2, 0) is 20.9 Å². The van der Waals surface area contributed by atoms with Gasteiger partial charge in [0.2, 0.25) is 11.8 Å². The smallest absolute Gasteiger partial charge is 0.234 e. The standard InChI is InChI=1S/C22H32ClN5O3S/c1-22(2,3)25-19(29)14-26-7-9-27(10-8-26)20(30)15-32-21-24-17-13-16(23)5-6-18(17)28(21)11-12-31-4/h5-6,13H,7-12,14-15H2,1-4H3,(H,25,29). The molecule has 0 unspecified atom stereocenters. The van der Waals surface area contributed by atoms with Crippen LogP contribution in [0.1, 0.15) is 20.8 Å². The lowest BCUT2D eigenvalue weighted by Crippen LogP contribution is -2.53. The first-order valence-electron chi connectivity index (χ1n) is 10.7. The van der Waals surface area contributed by atoms with E-state index in [1.54, 1.807) is 7.11 Å². The molecule has 0 spiro atoms. The number of imidazole rings is 1. The number of nitrogens with one attached hydrogen (secondary N) is 1. The molecule has 3 rings (SSSR count). The van der Waals surface area contributed by atoms with Gasteiger partial charge in [-0.15, -0.1) is 0 Å². The molecule has 2 aromatic rings. The Labute approximate surface area is 198 Å². The van der Waals surface area contributed by atoms with E-state index >= 15 is 0 Å². The minimum absolute atomic E-state index is 0.0166. The van der Waals surface area contributed by atoms with Gasteiger partial charge in [-0.3, -0.25) is 14.5 Å². The third-order valence-electron chi connectivity index (χ3n) is 5.13. The largest absolute Gasteiger partial charge is 0.383 e. The highest BCUT2D eigenvalue weighted by Gasteiger charge is 2.24. The second kappa shape index (κ2) is 10.9. The normalized spacial score (nSPS) is 15.3. The lowest BCUT2D eigenvalue weighted by atomic mass is 10.1. The Hall–Kier alpha value is -1.81. The summed E-state index contributed by atoms with van der Waals surface area (Å²) in [5, 5.41) is 4.40. The third-order valence-corrected chi connectivity index (χ3v) is 6.32. The summed E-state index contributed by atoms with van der Waals surface area (Å²) in [7, 11) is 1.67. The number of amides is 2. The Morgan fingerprint density at radius 1 is 1.22 bits per heavy atom. The lowest BCUT2D eigenvalue weighted by Gasteiger charge is -2.34. The molecule has 2 amide bonds. The zero-order valence-corrected chi connectivity index (χ0v) is 20.8. The van der Waals surface area contributed by atoms with Gasteiger partial charge in [0.1, 0.15) is 0 Å². The maximum atomic E-state index is 12.8. The fourth-order valence-corrected chi connectivity index (χ4v) is 4.73. The van der Waals surface area contributed by atoms with E-state index in [-0.39, 0.29) is 17.4 Å². The summed E-state index contributed by atoms with van der Waals surface area (Å²) in [6, 6.07) is 5.62. The molecule has 0 aliphatic carbocycles. The summed E-state index contributed by atoms with van der Waals surface area (Å²) in [6.45, 7) is 10.1. The van der Waals surface area contributed by atoms with Crippen molar-refractivity contribution >= 4 is 46.2 Å². The molecule has 2 heterocycles. The molecule has 176 valence electrons. The first-order valence-corrected chi connectivity index (χ1v) is 12.1. The van der Waals surface area contributed by atoms with Crippen molar-refractivity contribution in [1.82, 2.24) is 24.7 Å². The van der Waals surface area contributed by atoms with Gasteiger partial charge >= 0.3 is 0 Å². The molecule has 8 nitrogen and oxygen atoms in total. The van der Waals surface area contributed by atoms with Crippen molar-refractivity contribution in [2.75, 3.05) is 52.2 Å². The average Bonchev–Trinajstić information content (AvgIpc) is 3.05. The van der Waals surface area contributed by atoms with Gasteiger partial charge in [0, 0.05) is 50.4 Å². The van der Waals surface area contributed by atoms with Gasteiger partial charge in [-0.05, 0) is 39.0 Å². The van der Waals surface area contributed by atoms with Crippen LogP contribution in [0.3, 0.4) is 0 Å². The number of methoxy groups -OCH3 is 1. The number of fused-ring (bicyclic) bond motifs is 1. The second-order valence-corrected chi connectivity index (χ2v) is 10.3. The number of benzene rings is 1. The van der Waals surface area contributed by atoms with Crippen molar-refractivity contribution in [2.24, 2.45) is 0 Å². The molecule has 1 N–H and O–H groups in total. The molecule has 1 saturated heterocycles. The first kappa shape index (κ1) is 24.8.